The molecule has 3 aromatic carbocycles. The van der Waals surface area contributed by atoms with E-state index in [9.17, 15) is 8.42 Å². The topological polar surface area (TPSA) is 91.0 Å². The Bertz CT molecular complexity index is 1610. The molecule has 4 atom stereocenters. The largest absolute Gasteiger partial charge is 0.325 e. The van der Waals surface area contributed by atoms with E-state index in [1.807, 2.05) is 24.3 Å². The number of rotatable bonds is 9. The Balaban J connectivity index is 1.14. The monoisotopic (exact) mass is 553 g/mol. The molecule has 2 bridgehead atoms. The molecule has 1 N–H and O–H groups in total. The van der Waals surface area contributed by atoms with E-state index in [1.165, 1.54) is 42.6 Å². The molecule has 2 aliphatic rings. The second kappa shape index (κ2) is 11.2. The molecule has 0 aliphatic carbocycles. The highest BCUT2D eigenvalue weighted by Crippen LogP contribution is 2.42. The van der Waals surface area contributed by atoms with E-state index >= 15 is 0 Å². The third kappa shape index (κ3) is 5.29. The first-order chi connectivity index (χ1) is 19.4. The van der Waals surface area contributed by atoms with Crippen molar-refractivity contribution in [3.63, 3.8) is 0 Å². The molecular formula is C32H35N5O2S. The van der Waals surface area contributed by atoms with Crippen molar-refractivity contribution >= 4 is 21.1 Å². The zero-order valence-electron chi connectivity index (χ0n) is 22.8. The van der Waals surface area contributed by atoms with Crippen molar-refractivity contribution in [1.29, 1.82) is 5.26 Å². The molecule has 0 radical (unpaired) electrons. The quantitative estimate of drug-likeness (QED) is 0.294. The maximum atomic E-state index is 13.0. The predicted octanol–water partition coefficient (Wildman–Crippen LogP) is 5.54. The summed E-state index contributed by atoms with van der Waals surface area (Å²) in [6.45, 7) is 3.40. The van der Waals surface area contributed by atoms with Crippen molar-refractivity contribution in [1.82, 2.24) is 19.2 Å². The fourth-order valence-corrected chi connectivity index (χ4v) is 7.95. The fourth-order valence-electron chi connectivity index (χ4n) is 6.87. The number of aromatic nitrogens is 2. The summed E-state index contributed by atoms with van der Waals surface area (Å²) in [6, 6.07) is 28.3. The summed E-state index contributed by atoms with van der Waals surface area (Å²) < 4.78 is 31.4. The molecule has 206 valence electrons. The van der Waals surface area contributed by atoms with Gasteiger partial charge in [-0.05, 0) is 93.5 Å². The smallest absolute Gasteiger partial charge is 0.240 e. The molecular weight excluding hydrogens is 518 g/mol. The molecule has 8 heteroatoms. The van der Waals surface area contributed by atoms with Crippen LogP contribution in [-0.4, -0.2) is 48.0 Å². The molecule has 2 unspecified atom stereocenters. The lowest BCUT2D eigenvalue weighted by molar-refractivity contribution is 0.104. The van der Waals surface area contributed by atoms with Crippen molar-refractivity contribution in [2.24, 2.45) is 0 Å². The minimum atomic E-state index is -3.68. The number of nitriles is 1. The summed E-state index contributed by atoms with van der Waals surface area (Å²) in [6.07, 6.45) is 5.56. The van der Waals surface area contributed by atoms with Gasteiger partial charge in [-0.25, -0.2) is 18.1 Å². The molecule has 2 saturated heterocycles. The highest BCUT2D eigenvalue weighted by Gasteiger charge is 2.41. The molecule has 3 heterocycles. The highest BCUT2D eigenvalue weighted by molar-refractivity contribution is 7.89. The van der Waals surface area contributed by atoms with Gasteiger partial charge in [0, 0.05) is 24.7 Å². The van der Waals surface area contributed by atoms with Crippen LogP contribution in [0.25, 0.3) is 11.0 Å². The molecule has 40 heavy (non-hydrogen) atoms. The van der Waals surface area contributed by atoms with Crippen LogP contribution < -0.4 is 4.72 Å². The van der Waals surface area contributed by atoms with E-state index < -0.39 is 10.0 Å². The van der Waals surface area contributed by atoms with Crippen molar-refractivity contribution in [2.45, 2.75) is 68.0 Å². The zero-order chi connectivity index (χ0) is 27.7. The lowest BCUT2D eigenvalue weighted by Crippen LogP contribution is -2.44. The third-order valence-electron chi connectivity index (χ3n) is 8.82. The summed E-state index contributed by atoms with van der Waals surface area (Å²) in [5.74, 6) is 1.16. The molecule has 6 rings (SSSR count). The summed E-state index contributed by atoms with van der Waals surface area (Å²) in [5, 5.41) is 9.04. The van der Waals surface area contributed by atoms with Gasteiger partial charge in [0.2, 0.25) is 10.0 Å². The van der Waals surface area contributed by atoms with E-state index in [1.54, 1.807) is 0 Å². The number of nitrogens with one attached hydrogen (secondary N) is 1. The Hall–Kier alpha value is -3.51. The maximum Gasteiger partial charge on any atom is 0.240 e. The minimum absolute atomic E-state index is 0.0614. The van der Waals surface area contributed by atoms with Crippen LogP contribution in [0.4, 0.5) is 0 Å². The van der Waals surface area contributed by atoms with Crippen molar-refractivity contribution in [3.8, 4) is 6.07 Å². The number of sulfonamides is 1. The number of hydrogen-bond acceptors (Lipinski definition) is 5. The van der Waals surface area contributed by atoms with Crippen LogP contribution in [-0.2, 0) is 10.0 Å². The van der Waals surface area contributed by atoms with E-state index in [0.29, 0.717) is 30.2 Å². The van der Waals surface area contributed by atoms with Crippen molar-refractivity contribution in [3.05, 3.63) is 95.8 Å². The molecule has 2 fully saturated rings. The first-order valence-corrected chi connectivity index (χ1v) is 15.7. The number of nitrogens with zero attached hydrogens (tertiary/aromatic N) is 4. The number of piperidine rings is 1. The van der Waals surface area contributed by atoms with Crippen LogP contribution in [0.2, 0.25) is 0 Å². The Morgan fingerprint density at radius 3 is 2.33 bits per heavy atom. The second-order valence-corrected chi connectivity index (χ2v) is 12.9. The summed E-state index contributed by atoms with van der Waals surface area (Å²) in [5.41, 5.74) is 3.89. The number of imidazole rings is 1. The Morgan fingerprint density at radius 1 is 0.950 bits per heavy atom. The standard InChI is InChI=1S/C32H35N5O2S/c1-23-35-31-9-5-6-10-32(31)37(23)29-19-27-13-14-28(20-29)36(27)18-17-26(25-7-3-2-4-8-25)22-34-40(38,39)30-15-11-24(21-33)12-16-30/h2-12,15-16,26-29,34H,13-14,17-20,22H2,1H3/t26?,27-,28+,29?. The summed E-state index contributed by atoms with van der Waals surface area (Å²) in [4.78, 5) is 7.69. The van der Waals surface area contributed by atoms with Crippen LogP contribution in [0.15, 0.2) is 83.8 Å². The molecule has 1 aromatic heterocycles. The first-order valence-electron chi connectivity index (χ1n) is 14.2. The molecule has 7 nitrogen and oxygen atoms in total. The van der Waals surface area contributed by atoms with Gasteiger partial charge in [-0.3, -0.25) is 4.90 Å². The van der Waals surface area contributed by atoms with E-state index in [-0.39, 0.29) is 10.8 Å². The predicted molar refractivity (Wildman–Crippen MR) is 156 cm³/mol. The van der Waals surface area contributed by atoms with Crippen LogP contribution in [0.1, 0.15) is 61.0 Å². The van der Waals surface area contributed by atoms with Gasteiger partial charge in [-0.15, -0.1) is 0 Å². The number of para-hydroxylation sites is 2. The van der Waals surface area contributed by atoms with Crippen LogP contribution in [0.3, 0.4) is 0 Å². The first kappa shape index (κ1) is 26.7. The number of fused-ring (bicyclic) bond motifs is 3. The summed E-state index contributed by atoms with van der Waals surface area (Å²) in [7, 11) is -3.68. The average molecular weight is 554 g/mol. The van der Waals surface area contributed by atoms with Gasteiger partial charge >= 0.3 is 0 Å². The minimum Gasteiger partial charge on any atom is -0.325 e. The fraction of sp³-hybridized carbons (Fsp3) is 0.375. The number of hydrogen-bond donors (Lipinski definition) is 1. The Kier molecular flexibility index (Phi) is 7.45. The van der Waals surface area contributed by atoms with E-state index in [4.69, 9.17) is 10.2 Å². The van der Waals surface area contributed by atoms with Gasteiger partial charge in [-0.2, -0.15) is 5.26 Å². The number of benzene rings is 3. The normalized spacial score (nSPS) is 21.9. The van der Waals surface area contributed by atoms with Crippen LogP contribution >= 0.6 is 0 Å². The Morgan fingerprint density at radius 2 is 1.62 bits per heavy atom. The number of aryl methyl sites for hydroxylation is 1. The lowest BCUT2D eigenvalue weighted by atomic mass is 9.93. The average Bonchev–Trinajstić information content (AvgIpc) is 3.43. The maximum absolute atomic E-state index is 13.0. The van der Waals surface area contributed by atoms with Crippen molar-refractivity contribution in [2.75, 3.05) is 13.1 Å². The Labute approximate surface area is 236 Å². The zero-order valence-corrected chi connectivity index (χ0v) is 23.6. The van der Waals surface area contributed by atoms with E-state index in [2.05, 4.69) is 57.5 Å². The van der Waals surface area contributed by atoms with Gasteiger partial charge < -0.3 is 4.57 Å². The molecule has 0 saturated carbocycles. The summed E-state index contributed by atoms with van der Waals surface area (Å²) >= 11 is 0. The SMILES string of the molecule is Cc1nc2ccccc2n1C1C[C@H]2CC[C@@H](C1)N2CCC(CNS(=O)(=O)c1ccc(C#N)cc1)c1ccccc1. The van der Waals surface area contributed by atoms with Gasteiger partial charge in [0.05, 0.1) is 27.6 Å². The molecule has 0 amide bonds. The van der Waals surface area contributed by atoms with E-state index in [0.717, 1.165) is 42.7 Å². The molecule has 2 aliphatic heterocycles. The van der Waals surface area contributed by atoms with Gasteiger partial charge in [-0.1, -0.05) is 42.5 Å². The molecule has 4 aromatic rings. The van der Waals surface area contributed by atoms with Crippen LogP contribution in [0.5, 0.6) is 0 Å². The van der Waals surface area contributed by atoms with Gasteiger partial charge in [0.1, 0.15) is 5.82 Å². The van der Waals surface area contributed by atoms with Crippen molar-refractivity contribution < 1.29 is 8.42 Å². The highest BCUT2D eigenvalue weighted by atomic mass is 32.2. The van der Waals surface area contributed by atoms with Gasteiger partial charge in [0.25, 0.3) is 0 Å². The van der Waals surface area contributed by atoms with Crippen LogP contribution in [0, 0.1) is 18.3 Å². The van der Waals surface area contributed by atoms with Gasteiger partial charge in [0.15, 0.2) is 0 Å². The third-order valence-corrected chi connectivity index (χ3v) is 10.3. The lowest BCUT2D eigenvalue weighted by Gasteiger charge is -2.40. The molecule has 0 spiro atoms. The second-order valence-electron chi connectivity index (χ2n) is 11.2.